The molecule has 1 saturated carbocycles. The van der Waals surface area contributed by atoms with Crippen molar-refractivity contribution in [3.8, 4) is 5.75 Å². The lowest BCUT2D eigenvalue weighted by Gasteiger charge is -2.36. The van der Waals surface area contributed by atoms with Crippen molar-refractivity contribution in [3.05, 3.63) is 77.1 Å². The van der Waals surface area contributed by atoms with Gasteiger partial charge in [0.15, 0.2) is 0 Å². The Labute approximate surface area is 278 Å². The van der Waals surface area contributed by atoms with E-state index in [0.717, 1.165) is 19.3 Å². The second kappa shape index (κ2) is 13.4. The highest BCUT2D eigenvalue weighted by molar-refractivity contribution is 5.94. The van der Waals surface area contributed by atoms with Crippen molar-refractivity contribution in [2.75, 3.05) is 20.3 Å². The van der Waals surface area contributed by atoms with Crippen LogP contribution in [0.4, 0.5) is 4.39 Å². The number of carbonyl (C=O) groups excluding carboxylic acids is 3. The van der Waals surface area contributed by atoms with Gasteiger partial charge in [-0.05, 0) is 81.5 Å². The minimum atomic E-state index is -1.14. The van der Waals surface area contributed by atoms with Crippen molar-refractivity contribution in [2.45, 2.75) is 69.6 Å². The van der Waals surface area contributed by atoms with E-state index in [1.165, 1.54) is 30.1 Å². The summed E-state index contributed by atoms with van der Waals surface area (Å²) in [6.07, 6.45) is 3.92. The van der Waals surface area contributed by atoms with E-state index in [0.29, 0.717) is 46.0 Å². The third-order valence-electron chi connectivity index (χ3n) is 9.76. The number of aryl methyl sites for hydroxylation is 1. The monoisotopic (exact) mass is 659 g/mol. The molecule has 48 heavy (non-hydrogen) atoms. The molecule has 3 amide bonds. The highest BCUT2D eigenvalue weighted by atomic mass is 19.1. The average molecular weight is 660 g/mol. The van der Waals surface area contributed by atoms with Crippen LogP contribution in [0.15, 0.2) is 48.7 Å². The van der Waals surface area contributed by atoms with Gasteiger partial charge in [0.1, 0.15) is 35.2 Å². The van der Waals surface area contributed by atoms with E-state index >= 15 is 0 Å². The van der Waals surface area contributed by atoms with Gasteiger partial charge >= 0.3 is 0 Å². The number of halogens is 1. The Morgan fingerprint density at radius 2 is 1.96 bits per heavy atom. The second-order valence-electron chi connectivity index (χ2n) is 13.0. The Kier molecular flexibility index (Phi) is 9.24. The summed E-state index contributed by atoms with van der Waals surface area (Å²) >= 11 is 0. The quantitative estimate of drug-likeness (QED) is 0.181. The predicted octanol–water partition coefficient (Wildman–Crippen LogP) is 3.80. The predicted molar refractivity (Wildman–Crippen MR) is 176 cm³/mol. The maximum absolute atomic E-state index is 14.5. The molecule has 2 aromatic heterocycles. The number of hydrogen-bond acceptors (Lipinski definition) is 7. The summed E-state index contributed by atoms with van der Waals surface area (Å²) in [6.45, 7) is 6.06. The zero-order valence-electron chi connectivity index (χ0n) is 27.8. The van der Waals surface area contributed by atoms with Gasteiger partial charge in [0.25, 0.3) is 5.91 Å². The van der Waals surface area contributed by atoms with Crippen LogP contribution < -0.4 is 20.7 Å². The number of methoxy groups -OCH3 is 1. The lowest BCUT2D eigenvalue weighted by atomic mass is 9.77. The molecule has 13 heteroatoms. The minimum Gasteiger partial charge on any atom is -0.490 e. The summed E-state index contributed by atoms with van der Waals surface area (Å²) in [7, 11) is 3.21. The standard InChI is InChI=1S/C35H42FN7O5/c1-6-37-33(45)29(20-8-7-9-20)42-34(46)35(3,18-47-5)21-10-12-24-25(16-21)40-31(39-24)30(41-32(44)26-14-15-38-43(26)4)28-19(2)48-27-13-11-22(36)17-23(27)28/h10-17,19-20,28-30H,6-9,18H2,1-5H3,(H,37,45)(H,39,40)(H,41,44)(H,42,46)/t19?,28-,29-,30+,35?/m1/s1. The number of hydrogen-bond donors (Lipinski definition) is 4. The fourth-order valence-electron chi connectivity index (χ4n) is 6.85. The third-order valence-corrected chi connectivity index (χ3v) is 9.76. The molecule has 3 heterocycles. The summed E-state index contributed by atoms with van der Waals surface area (Å²) in [5, 5.41) is 13.1. The second-order valence-corrected chi connectivity index (χ2v) is 13.0. The number of likely N-dealkylation sites (N-methyl/N-ethyl adjacent to an activating group) is 1. The van der Waals surface area contributed by atoms with Gasteiger partial charge < -0.3 is 30.4 Å². The highest BCUT2D eigenvalue weighted by Crippen LogP contribution is 2.45. The van der Waals surface area contributed by atoms with E-state index in [1.54, 1.807) is 32.2 Å². The van der Waals surface area contributed by atoms with Gasteiger partial charge in [-0.3, -0.25) is 19.1 Å². The number of benzene rings is 2. The minimum absolute atomic E-state index is 0.0702. The van der Waals surface area contributed by atoms with Gasteiger partial charge in [0.05, 0.1) is 35.0 Å². The summed E-state index contributed by atoms with van der Waals surface area (Å²) in [6, 6.07) is 10.1. The molecule has 2 unspecified atom stereocenters. The number of imidazole rings is 1. The van der Waals surface area contributed by atoms with E-state index in [2.05, 4.69) is 26.0 Å². The molecule has 6 rings (SSSR count). The molecule has 5 atom stereocenters. The van der Waals surface area contributed by atoms with Gasteiger partial charge in [-0.1, -0.05) is 12.5 Å². The zero-order chi connectivity index (χ0) is 34.2. The number of nitrogens with one attached hydrogen (secondary N) is 4. The van der Waals surface area contributed by atoms with Gasteiger partial charge in [-0.25, -0.2) is 9.37 Å². The number of nitrogens with zero attached hydrogens (tertiary/aromatic N) is 3. The molecule has 1 fully saturated rings. The highest BCUT2D eigenvalue weighted by Gasteiger charge is 2.43. The molecular formula is C35H42FN7O5. The number of rotatable bonds is 12. The van der Waals surface area contributed by atoms with Gasteiger partial charge in [-0.2, -0.15) is 5.10 Å². The fraction of sp³-hybridized carbons (Fsp3) is 0.457. The van der Waals surface area contributed by atoms with Crippen molar-refractivity contribution >= 4 is 28.8 Å². The molecule has 0 bridgehead atoms. The van der Waals surface area contributed by atoms with Gasteiger partial charge in [0.2, 0.25) is 11.8 Å². The molecule has 2 aromatic carbocycles. The molecular weight excluding hydrogens is 617 g/mol. The lowest BCUT2D eigenvalue weighted by Crippen LogP contribution is -2.57. The smallest absolute Gasteiger partial charge is 0.270 e. The SMILES string of the molecule is CCNC(=O)[C@H](NC(=O)C(C)(COC)c1ccc2nc([C@@H](NC(=O)c3ccnn3C)[C@H]3c4cc(F)ccc4OC3C)[nH]c2c1)C1CCC1. The van der Waals surface area contributed by atoms with Crippen molar-refractivity contribution in [1.29, 1.82) is 0 Å². The van der Waals surface area contributed by atoms with Crippen LogP contribution in [-0.2, 0) is 26.8 Å². The lowest BCUT2D eigenvalue weighted by molar-refractivity contribution is -0.135. The van der Waals surface area contributed by atoms with Crippen LogP contribution in [0.5, 0.6) is 5.75 Å². The maximum atomic E-state index is 14.5. The van der Waals surface area contributed by atoms with Crippen LogP contribution in [0.3, 0.4) is 0 Å². The number of aromatic nitrogens is 4. The molecule has 0 radical (unpaired) electrons. The van der Waals surface area contributed by atoms with Crippen LogP contribution in [0.2, 0.25) is 0 Å². The summed E-state index contributed by atoms with van der Waals surface area (Å²) in [5.41, 5.74) is 1.72. The number of carbonyl (C=O) groups is 3. The van der Waals surface area contributed by atoms with Crippen LogP contribution in [0.1, 0.15) is 79.4 Å². The third kappa shape index (κ3) is 6.14. The normalized spacial score (nSPS) is 19.8. The molecule has 0 spiro atoms. The first-order valence-corrected chi connectivity index (χ1v) is 16.4. The summed E-state index contributed by atoms with van der Waals surface area (Å²) in [4.78, 5) is 48.7. The summed E-state index contributed by atoms with van der Waals surface area (Å²) < 4.78 is 27.6. The number of fused-ring (bicyclic) bond motifs is 2. The Balaban J connectivity index is 1.36. The van der Waals surface area contributed by atoms with Crippen LogP contribution in [0, 0.1) is 11.7 Å². The first-order chi connectivity index (χ1) is 23.0. The van der Waals surface area contributed by atoms with Crippen LogP contribution in [0.25, 0.3) is 11.0 Å². The van der Waals surface area contributed by atoms with E-state index in [4.69, 9.17) is 14.5 Å². The molecule has 2 aliphatic rings. The molecule has 254 valence electrons. The molecule has 0 saturated heterocycles. The van der Waals surface area contributed by atoms with Crippen LogP contribution in [-0.4, -0.2) is 69.9 Å². The first-order valence-electron chi connectivity index (χ1n) is 16.4. The molecule has 1 aliphatic heterocycles. The van der Waals surface area contributed by atoms with Crippen molar-refractivity contribution < 1.29 is 28.2 Å². The van der Waals surface area contributed by atoms with Crippen molar-refractivity contribution in [2.24, 2.45) is 13.0 Å². The fourth-order valence-corrected chi connectivity index (χ4v) is 6.85. The molecule has 12 nitrogen and oxygen atoms in total. The molecule has 1 aliphatic carbocycles. The topological polar surface area (TPSA) is 152 Å². The largest absolute Gasteiger partial charge is 0.490 e. The average Bonchev–Trinajstić information content (AvgIpc) is 3.74. The Morgan fingerprint density at radius 1 is 1.17 bits per heavy atom. The van der Waals surface area contributed by atoms with E-state index in [-0.39, 0.29) is 30.2 Å². The number of ether oxygens (including phenoxy) is 2. The van der Waals surface area contributed by atoms with E-state index in [9.17, 15) is 18.8 Å². The number of amides is 3. The van der Waals surface area contributed by atoms with Gasteiger partial charge in [-0.15, -0.1) is 0 Å². The Bertz CT molecular complexity index is 1830. The maximum Gasteiger partial charge on any atom is 0.270 e. The van der Waals surface area contributed by atoms with Crippen LogP contribution >= 0.6 is 0 Å². The Morgan fingerprint density at radius 3 is 2.62 bits per heavy atom. The molecule has 4 N–H and O–H groups in total. The first kappa shape index (κ1) is 33.1. The number of H-pyrrole nitrogens is 1. The van der Waals surface area contributed by atoms with E-state index in [1.807, 2.05) is 26.0 Å². The van der Waals surface area contributed by atoms with Crippen molar-refractivity contribution in [1.82, 2.24) is 35.7 Å². The molecule has 4 aromatic rings. The zero-order valence-corrected chi connectivity index (χ0v) is 27.8. The van der Waals surface area contributed by atoms with E-state index < -0.39 is 35.3 Å². The van der Waals surface area contributed by atoms with Gasteiger partial charge in [0, 0.05) is 32.5 Å². The summed E-state index contributed by atoms with van der Waals surface area (Å²) in [5.74, 6) is -0.700. The van der Waals surface area contributed by atoms with Crippen molar-refractivity contribution in [3.63, 3.8) is 0 Å². The number of aromatic amines is 1. The Hall–Kier alpha value is -4.78.